The summed E-state index contributed by atoms with van der Waals surface area (Å²) in [6.07, 6.45) is 4.16. The van der Waals surface area contributed by atoms with E-state index in [4.69, 9.17) is 9.72 Å². The molecule has 2 rings (SSSR count). The van der Waals surface area contributed by atoms with Crippen LogP contribution in [0.3, 0.4) is 0 Å². The Hall–Kier alpha value is -1.20. The largest absolute Gasteiger partial charge is 0.377 e. The third-order valence-electron chi connectivity index (χ3n) is 3.77. The van der Waals surface area contributed by atoms with Gasteiger partial charge in [-0.2, -0.15) is 0 Å². The van der Waals surface area contributed by atoms with Crippen LogP contribution in [0.1, 0.15) is 37.9 Å². The zero-order valence-electron chi connectivity index (χ0n) is 12.9. The molecule has 5 heteroatoms. The lowest BCUT2D eigenvalue weighted by molar-refractivity contribution is 0.0921. The smallest absolute Gasteiger partial charge is 0.225 e. The van der Waals surface area contributed by atoms with Crippen LogP contribution in [0.4, 0.5) is 5.95 Å². The molecule has 0 aliphatic carbocycles. The minimum absolute atomic E-state index is 0.396. The van der Waals surface area contributed by atoms with Gasteiger partial charge in [0.05, 0.1) is 19.3 Å². The summed E-state index contributed by atoms with van der Waals surface area (Å²) in [5.41, 5.74) is 2.25. The number of hydrogen-bond donors (Lipinski definition) is 1. The van der Waals surface area contributed by atoms with Crippen molar-refractivity contribution < 1.29 is 4.74 Å². The molecule has 1 aromatic heterocycles. The number of rotatable bonds is 6. The molecule has 1 fully saturated rings. The molecule has 0 aromatic carbocycles. The van der Waals surface area contributed by atoms with Crippen molar-refractivity contribution >= 4 is 5.95 Å². The second-order valence-electron chi connectivity index (χ2n) is 5.29. The van der Waals surface area contributed by atoms with Crippen LogP contribution in [0.15, 0.2) is 6.20 Å². The molecular formula is C15H26N4O. The molecule has 1 N–H and O–H groups in total. The van der Waals surface area contributed by atoms with E-state index < -0.39 is 0 Å². The molecule has 2 heterocycles. The highest BCUT2D eigenvalue weighted by molar-refractivity contribution is 5.35. The van der Waals surface area contributed by atoms with Crippen LogP contribution in [-0.2, 0) is 11.3 Å². The van der Waals surface area contributed by atoms with Gasteiger partial charge in [-0.25, -0.2) is 9.97 Å². The van der Waals surface area contributed by atoms with Crippen LogP contribution in [0.2, 0.25) is 0 Å². The van der Waals surface area contributed by atoms with Gasteiger partial charge in [-0.05, 0) is 26.3 Å². The minimum atomic E-state index is 0.396. The Bertz CT molecular complexity index is 424. The number of hydrogen-bond acceptors (Lipinski definition) is 5. The molecule has 1 aliphatic rings. The SMILES string of the molecule is CCCNCc1cnc(N2CCOCC2CC)nc1C. The third kappa shape index (κ3) is 3.67. The number of ether oxygens (including phenoxy) is 1. The lowest BCUT2D eigenvalue weighted by atomic mass is 10.2. The van der Waals surface area contributed by atoms with E-state index in [-0.39, 0.29) is 0 Å². The van der Waals surface area contributed by atoms with Crippen LogP contribution in [0.25, 0.3) is 0 Å². The molecule has 20 heavy (non-hydrogen) atoms. The van der Waals surface area contributed by atoms with Crippen molar-refractivity contribution in [3.05, 3.63) is 17.5 Å². The van der Waals surface area contributed by atoms with Crippen LogP contribution < -0.4 is 10.2 Å². The molecule has 1 aliphatic heterocycles. The van der Waals surface area contributed by atoms with Gasteiger partial charge in [-0.3, -0.25) is 0 Å². The Kier molecular flexibility index (Phi) is 5.73. The van der Waals surface area contributed by atoms with Crippen molar-refractivity contribution in [3.63, 3.8) is 0 Å². The van der Waals surface area contributed by atoms with Crippen molar-refractivity contribution in [1.29, 1.82) is 0 Å². The van der Waals surface area contributed by atoms with Crippen molar-refractivity contribution in [1.82, 2.24) is 15.3 Å². The van der Waals surface area contributed by atoms with Gasteiger partial charge in [-0.15, -0.1) is 0 Å². The Balaban J connectivity index is 2.07. The zero-order valence-corrected chi connectivity index (χ0v) is 12.9. The third-order valence-corrected chi connectivity index (χ3v) is 3.77. The first-order valence-electron chi connectivity index (χ1n) is 7.63. The van der Waals surface area contributed by atoms with Gasteiger partial charge in [0.25, 0.3) is 0 Å². The minimum Gasteiger partial charge on any atom is -0.377 e. The van der Waals surface area contributed by atoms with Gasteiger partial charge in [-0.1, -0.05) is 13.8 Å². The number of aryl methyl sites for hydroxylation is 1. The molecule has 5 nitrogen and oxygen atoms in total. The van der Waals surface area contributed by atoms with Gasteiger partial charge in [0.15, 0.2) is 0 Å². The van der Waals surface area contributed by atoms with Gasteiger partial charge in [0.1, 0.15) is 0 Å². The second-order valence-corrected chi connectivity index (χ2v) is 5.29. The van der Waals surface area contributed by atoms with Crippen molar-refractivity contribution in [2.24, 2.45) is 0 Å². The fraction of sp³-hybridized carbons (Fsp3) is 0.733. The molecule has 0 amide bonds. The predicted octanol–water partition coefficient (Wildman–Crippen LogP) is 1.90. The topological polar surface area (TPSA) is 50.3 Å². The fourth-order valence-electron chi connectivity index (χ4n) is 2.45. The Morgan fingerprint density at radius 3 is 3.00 bits per heavy atom. The number of morpholine rings is 1. The van der Waals surface area contributed by atoms with E-state index in [0.717, 1.165) is 57.3 Å². The van der Waals surface area contributed by atoms with Gasteiger partial charge < -0.3 is 15.0 Å². The molecule has 112 valence electrons. The summed E-state index contributed by atoms with van der Waals surface area (Å²) in [5.74, 6) is 0.844. The summed E-state index contributed by atoms with van der Waals surface area (Å²) in [6, 6.07) is 0.396. The number of nitrogens with zero attached hydrogens (tertiary/aromatic N) is 3. The molecule has 1 aromatic rings. The Morgan fingerprint density at radius 1 is 1.45 bits per heavy atom. The van der Waals surface area contributed by atoms with Gasteiger partial charge >= 0.3 is 0 Å². The predicted molar refractivity (Wildman–Crippen MR) is 81.0 cm³/mol. The summed E-state index contributed by atoms with van der Waals surface area (Å²) in [5, 5.41) is 3.40. The van der Waals surface area contributed by atoms with E-state index in [2.05, 4.69) is 36.0 Å². The van der Waals surface area contributed by atoms with E-state index >= 15 is 0 Å². The maximum Gasteiger partial charge on any atom is 0.225 e. The lowest BCUT2D eigenvalue weighted by Crippen LogP contribution is -2.46. The summed E-state index contributed by atoms with van der Waals surface area (Å²) >= 11 is 0. The van der Waals surface area contributed by atoms with Crippen molar-refractivity contribution in [3.8, 4) is 0 Å². The number of anilines is 1. The summed E-state index contributed by atoms with van der Waals surface area (Å²) < 4.78 is 5.54. The average Bonchev–Trinajstić information content (AvgIpc) is 2.49. The second kappa shape index (κ2) is 7.55. The first kappa shape index (κ1) is 15.2. The normalized spacial score (nSPS) is 19.4. The molecule has 0 bridgehead atoms. The van der Waals surface area contributed by atoms with E-state index in [1.807, 2.05) is 6.20 Å². The van der Waals surface area contributed by atoms with Crippen molar-refractivity contribution in [2.45, 2.75) is 46.2 Å². The molecule has 1 saturated heterocycles. The van der Waals surface area contributed by atoms with E-state index in [9.17, 15) is 0 Å². The van der Waals surface area contributed by atoms with Crippen LogP contribution >= 0.6 is 0 Å². The first-order chi connectivity index (χ1) is 9.76. The van der Waals surface area contributed by atoms with Gasteiger partial charge in [0, 0.05) is 30.5 Å². The van der Waals surface area contributed by atoms with E-state index in [0.29, 0.717) is 6.04 Å². The Morgan fingerprint density at radius 2 is 2.30 bits per heavy atom. The zero-order chi connectivity index (χ0) is 14.4. The van der Waals surface area contributed by atoms with Gasteiger partial charge in [0.2, 0.25) is 5.95 Å². The molecule has 0 spiro atoms. The first-order valence-corrected chi connectivity index (χ1v) is 7.63. The average molecular weight is 278 g/mol. The highest BCUT2D eigenvalue weighted by Gasteiger charge is 2.23. The summed E-state index contributed by atoms with van der Waals surface area (Å²) in [7, 11) is 0. The highest BCUT2D eigenvalue weighted by Crippen LogP contribution is 2.18. The molecule has 1 atom stereocenters. The molecule has 0 radical (unpaired) electrons. The maximum absolute atomic E-state index is 5.54. The fourth-order valence-corrected chi connectivity index (χ4v) is 2.45. The van der Waals surface area contributed by atoms with E-state index in [1.54, 1.807) is 0 Å². The molecule has 1 unspecified atom stereocenters. The van der Waals surface area contributed by atoms with E-state index in [1.165, 1.54) is 5.56 Å². The molecular weight excluding hydrogens is 252 g/mol. The number of nitrogens with one attached hydrogen (secondary N) is 1. The Labute approximate surface area is 121 Å². The monoisotopic (exact) mass is 278 g/mol. The van der Waals surface area contributed by atoms with Crippen LogP contribution in [0.5, 0.6) is 0 Å². The van der Waals surface area contributed by atoms with Crippen molar-refractivity contribution in [2.75, 3.05) is 31.2 Å². The standard InChI is InChI=1S/C15H26N4O/c1-4-6-16-9-13-10-17-15(18-12(13)3)19-7-8-20-11-14(19)5-2/h10,14,16H,4-9,11H2,1-3H3. The van der Waals surface area contributed by atoms with Crippen LogP contribution in [0, 0.1) is 6.92 Å². The number of aromatic nitrogens is 2. The quantitative estimate of drug-likeness (QED) is 0.805. The maximum atomic E-state index is 5.54. The summed E-state index contributed by atoms with van der Waals surface area (Å²) in [6.45, 7) is 10.7. The summed E-state index contributed by atoms with van der Waals surface area (Å²) in [4.78, 5) is 11.5. The van der Waals surface area contributed by atoms with Crippen LogP contribution in [-0.4, -0.2) is 42.3 Å². The highest BCUT2D eigenvalue weighted by atomic mass is 16.5. The lowest BCUT2D eigenvalue weighted by Gasteiger charge is -2.35. The molecule has 0 saturated carbocycles.